The summed E-state index contributed by atoms with van der Waals surface area (Å²) in [4.78, 5) is 0. The quantitative estimate of drug-likeness (QED) is 0.689. The van der Waals surface area contributed by atoms with Gasteiger partial charge in [-0.25, -0.2) is 0 Å². The molecule has 0 saturated heterocycles. The van der Waals surface area contributed by atoms with Crippen LogP contribution >= 0.6 is 0 Å². The van der Waals surface area contributed by atoms with Gasteiger partial charge in [-0.15, -0.1) is 0 Å². The molecule has 0 radical (unpaired) electrons. The largest absolute Gasteiger partial charge is 0.493 e. The zero-order chi connectivity index (χ0) is 12.5. The van der Waals surface area contributed by atoms with Crippen LogP contribution in [0.2, 0.25) is 0 Å². The lowest BCUT2D eigenvalue weighted by Crippen LogP contribution is -2.20. The average Bonchev–Trinajstić information content (AvgIpc) is 2.37. The molecule has 1 rings (SSSR count). The van der Waals surface area contributed by atoms with Gasteiger partial charge in [-0.05, 0) is 25.5 Å². The van der Waals surface area contributed by atoms with E-state index in [0.717, 1.165) is 31.7 Å². The van der Waals surface area contributed by atoms with Crippen LogP contribution in [0.1, 0.15) is 51.6 Å². The van der Waals surface area contributed by atoms with Gasteiger partial charge in [0, 0.05) is 11.6 Å². The average molecular weight is 235 g/mol. The van der Waals surface area contributed by atoms with E-state index in [1.54, 1.807) is 0 Å². The highest BCUT2D eigenvalue weighted by Gasteiger charge is 2.12. The summed E-state index contributed by atoms with van der Waals surface area (Å²) in [5.74, 6) is 1.04. The van der Waals surface area contributed by atoms with Gasteiger partial charge in [-0.3, -0.25) is 0 Å². The van der Waals surface area contributed by atoms with Gasteiger partial charge < -0.3 is 10.1 Å². The van der Waals surface area contributed by atoms with Crippen molar-refractivity contribution in [3.63, 3.8) is 0 Å². The maximum Gasteiger partial charge on any atom is 0.124 e. The molecule has 1 atom stereocenters. The van der Waals surface area contributed by atoms with E-state index in [9.17, 15) is 0 Å². The summed E-state index contributed by atoms with van der Waals surface area (Å²) in [5, 5.41) is 3.50. The van der Waals surface area contributed by atoms with Crippen molar-refractivity contribution in [1.29, 1.82) is 0 Å². The number of unbranched alkanes of at least 4 members (excludes halogenated alkanes) is 1. The van der Waals surface area contributed by atoms with Gasteiger partial charge in [0.1, 0.15) is 5.75 Å². The van der Waals surface area contributed by atoms with Crippen LogP contribution in [0, 0.1) is 0 Å². The van der Waals surface area contributed by atoms with E-state index in [-0.39, 0.29) is 0 Å². The Bertz CT molecular complexity index is 312. The topological polar surface area (TPSA) is 21.3 Å². The molecule has 1 aromatic rings. The predicted octanol–water partition coefficient (Wildman–Crippen LogP) is 3.93. The normalized spacial score (nSPS) is 12.4. The standard InChI is InChI=1S/C15H25NO/c1-4-7-12-17-15-11-9-8-10-13(15)14(5-2)16-6-3/h8-11,14,16H,4-7,12H2,1-3H3. The summed E-state index contributed by atoms with van der Waals surface area (Å²) >= 11 is 0. The van der Waals surface area contributed by atoms with E-state index in [0.29, 0.717) is 6.04 Å². The molecule has 0 aliphatic rings. The third-order valence-corrected chi connectivity index (χ3v) is 2.91. The molecule has 1 N–H and O–H groups in total. The summed E-state index contributed by atoms with van der Waals surface area (Å²) in [7, 11) is 0. The van der Waals surface area contributed by atoms with Gasteiger partial charge in [0.05, 0.1) is 6.61 Å². The van der Waals surface area contributed by atoms with Gasteiger partial charge in [-0.1, -0.05) is 45.4 Å². The number of rotatable bonds is 8. The Morgan fingerprint density at radius 2 is 1.94 bits per heavy atom. The first-order valence-corrected chi connectivity index (χ1v) is 6.78. The van der Waals surface area contributed by atoms with Crippen LogP contribution in [0.15, 0.2) is 24.3 Å². The van der Waals surface area contributed by atoms with E-state index in [4.69, 9.17) is 4.74 Å². The van der Waals surface area contributed by atoms with Crippen LogP contribution in [0.5, 0.6) is 5.75 Å². The van der Waals surface area contributed by atoms with E-state index >= 15 is 0 Å². The molecular formula is C15H25NO. The van der Waals surface area contributed by atoms with E-state index in [1.807, 2.05) is 6.07 Å². The maximum atomic E-state index is 5.87. The molecule has 2 heteroatoms. The number of hydrogen-bond donors (Lipinski definition) is 1. The molecule has 1 unspecified atom stereocenters. The molecule has 0 fully saturated rings. The molecule has 0 aromatic heterocycles. The Morgan fingerprint density at radius 3 is 2.59 bits per heavy atom. The van der Waals surface area contributed by atoms with Crippen molar-refractivity contribution in [2.24, 2.45) is 0 Å². The van der Waals surface area contributed by atoms with Gasteiger partial charge in [0.25, 0.3) is 0 Å². The number of nitrogens with one attached hydrogen (secondary N) is 1. The second-order valence-corrected chi connectivity index (χ2v) is 4.26. The first-order chi connectivity index (χ1) is 8.33. The molecule has 0 saturated carbocycles. The van der Waals surface area contributed by atoms with Crippen LogP contribution in [-0.2, 0) is 0 Å². The minimum absolute atomic E-state index is 0.401. The number of para-hydroxylation sites is 1. The van der Waals surface area contributed by atoms with Crippen molar-refractivity contribution in [2.45, 2.75) is 46.1 Å². The Morgan fingerprint density at radius 1 is 1.18 bits per heavy atom. The highest BCUT2D eigenvalue weighted by molar-refractivity contribution is 5.35. The second-order valence-electron chi connectivity index (χ2n) is 4.26. The molecule has 0 heterocycles. The summed E-state index contributed by atoms with van der Waals surface area (Å²) in [6.45, 7) is 8.33. The van der Waals surface area contributed by atoms with Gasteiger partial charge in [0.2, 0.25) is 0 Å². The lowest BCUT2D eigenvalue weighted by Gasteiger charge is -2.20. The molecule has 0 aliphatic heterocycles. The maximum absolute atomic E-state index is 5.87. The molecule has 17 heavy (non-hydrogen) atoms. The lowest BCUT2D eigenvalue weighted by atomic mass is 10.0. The molecule has 1 aromatic carbocycles. The molecule has 0 amide bonds. The molecule has 0 aliphatic carbocycles. The van der Waals surface area contributed by atoms with Crippen molar-refractivity contribution in [3.05, 3.63) is 29.8 Å². The SMILES string of the molecule is CCCCOc1ccccc1C(CC)NCC. The van der Waals surface area contributed by atoms with Crippen molar-refractivity contribution in [3.8, 4) is 5.75 Å². The number of ether oxygens (including phenoxy) is 1. The van der Waals surface area contributed by atoms with Crippen LogP contribution in [0.3, 0.4) is 0 Å². The fourth-order valence-electron chi connectivity index (χ4n) is 1.95. The highest BCUT2D eigenvalue weighted by atomic mass is 16.5. The zero-order valence-electron chi connectivity index (χ0n) is 11.3. The number of benzene rings is 1. The number of hydrogen-bond acceptors (Lipinski definition) is 2. The summed E-state index contributed by atoms with van der Waals surface area (Å²) in [6.07, 6.45) is 3.38. The monoisotopic (exact) mass is 235 g/mol. The molecule has 96 valence electrons. The molecule has 0 spiro atoms. The van der Waals surface area contributed by atoms with Crippen molar-refractivity contribution in [1.82, 2.24) is 5.32 Å². The Hall–Kier alpha value is -1.02. The van der Waals surface area contributed by atoms with Gasteiger partial charge >= 0.3 is 0 Å². The first-order valence-electron chi connectivity index (χ1n) is 6.78. The van der Waals surface area contributed by atoms with Crippen molar-refractivity contribution in [2.75, 3.05) is 13.2 Å². The summed E-state index contributed by atoms with van der Waals surface area (Å²) < 4.78 is 5.87. The van der Waals surface area contributed by atoms with E-state index in [1.165, 1.54) is 12.0 Å². The van der Waals surface area contributed by atoms with Crippen LogP contribution < -0.4 is 10.1 Å². The minimum atomic E-state index is 0.401. The third kappa shape index (κ3) is 4.39. The van der Waals surface area contributed by atoms with E-state index < -0.39 is 0 Å². The minimum Gasteiger partial charge on any atom is -0.493 e. The molecule has 2 nitrogen and oxygen atoms in total. The fraction of sp³-hybridized carbons (Fsp3) is 0.600. The van der Waals surface area contributed by atoms with E-state index in [2.05, 4.69) is 44.3 Å². The second kappa shape index (κ2) is 8.13. The van der Waals surface area contributed by atoms with Crippen LogP contribution in [0.25, 0.3) is 0 Å². The Labute approximate surface area is 105 Å². The van der Waals surface area contributed by atoms with Crippen LogP contribution in [0.4, 0.5) is 0 Å². The van der Waals surface area contributed by atoms with Crippen LogP contribution in [-0.4, -0.2) is 13.2 Å². The smallest absolute Gasteiger partial charge is 0.124 e. The zero-order valence-corrected chi connectivity index (χ0v) is 11.3. The highest BCUT2D eigenvalue weighted by Crippen LogP contribution is 2.27. The first kappa shape index (κ1) is 14.0. The predicted molar refractivity (Wildman–Crippen MR) is 73.6 cm³/mol. The van der Waals surface area contributed by atoms with Crippen molar-refractivity contribution < 1.29 is 4.74 Å². The fourth-order valence-corrected chi connectivity index (χ4v) is 1.95. The Balaban J connectivity index is 2.74. The third-order valence-electron chi connectivity index (χ3n) is 2.91. The Kier molecular flexibility index (Phi) is 6.71. The molecule has 0 bridgehead atoms. The van der Waals surface area contributed by atoms with Gasteiger partial charge in [0.15, 0.2) is 0 Å². The lowest BCUT2D eigenvalue weighted by molar-refractivity contribution is 0.302. The van der Waals surface area contributed by atoms with Gasteiger partial charge in [-0.2, -0.15) is 0 Å². The summed E-state index contributed by atoms with van der Waals surface area (Å²) in [5.41, 5.74) is 1.29. The van der Waals surface area contributed by atoms with Crippen molar-refractivity contribution >= 4 is 0 Å². The summed E-state index contributed by atoms with van der Waals surface area (Å²) in [6, 6.07) is 8.77. The molecular weight excluding hydrogens is 210 g/mol.